The Hall–Kier alpha value is 0.350. The highest BCUT2D eigenvalue weighted by Crippen LogP contribution is 2.57. The minimum absolute atomic E-state index is 0. The second kappa shape index (κ2) is 7.02. The van der Waals surface area contributed by atoms with Crippen molar-refractivity contribution in [2.45, 2.75) is 20.8 Å². The summed E-state index contributed by atoms with van der Waals surface area (Å²) in [6.07, 6.45) is 5.00. The highest BCUT2D eigenvalue weighted by atomic mass is 31.2. The summed E-state index contributed by atoms with van der Waals surface area (Å²) in [7, 11) is -0.689. The molecule has 11 heavy (non-hydrogen) atoms. The van der Waals surface area contributed by atoms with Crippen LogP contribution >= 0.6 is 7.26 Å². The van der Waals surface area contributed by atoms with Gasteiger partial charge in [0.25, 0.3) is 0 Å². The Morgan fingerprint density at radius 3 is 1.45 bits per heavy atom. The first-order chi connectivity index (χ1) is 4.74. The first-order valence-corrected chi connectivity index (χ1v) is 6.73. The Kier molecular flexibility index (Phi) is 8.88. The molecule has 0 bridgehead atoms. The van der Waals surface area contributed by atoms with Gasteiger partial charge in [-0.1, -0.05) is 0 Å². The predicted octanol–water partition coefficient (Wildman–Crippen LogP) is 1.88. The van der Waals surface area contributed by atoms with Gasteiger partial charge < -0.3 is 10.6 Å². The molecule has 0 saturated heterocycles. The minimum atomic E-state index is -0.689. The summed E-state index contributed by atoms with van der Waals surface area (Å²) in [5.74, 6) is 0. The lowest BCUT2D eigenvalue weighted by Gasteiger charge is -2.22. The molecule has 3 heteroatoms. The fourth-order valence-corrected chi connectivity index (χ4v) is 4.07. The summed E-state index contributed by atoms with van der Waals surface area (Å²) in [4.78, 5) is 0. The number of hydrogen-bond acceptors (Lipinski definition) is 2. The molecule has 0 unspecified atom stereocenters. The highest BCUT2D eigenvalue weighted by Gasteiger charge is 2.29. The molecule has 0 aliphatic carbocycles. The lowest BCUT2D eigenvalue weighted by molar-refractivity contribution is 0.321. The molecule has 2 nitrogen and oxygen atoms in total. The van der Waals surface area contributed by atoms with Crippen LogP contribution in [-0.4, -0.2) is 41.8 Å². The van der Waals surface area contributed by atoms with Gasteiger partial charge in [0.05, 0.1) is 31.3 Å². The Bertz CT molecular complexity index is 73.9. The molecular weight excluding hydrogens is 159 g/mol. The van der Waals surface area contributed by atoms with Crippen LogP contribution < -0.4 is 0 Å². The number of hydrogen-bond donors (Lipinski definition) is 1. The maximum Gasteiger partial charge on any atom is 0.0825 e. The molecule has 70 valence electrons. The maximum atomic E-state index is 8.82. The van der Waals surface area contributed by atoms with Crippen molar-refractivity contribution in [2.24, 2.45) is 0 Å². The van der Waals surface area contributed by atoms with Crippen molar-refractivity contribution < 1.29 is 10.6 Å². The molecule has 0 fully saturated rings. The Morgan fingerprint density at radius 1 is 1.00 bits per heavy atom. The van der Waals surface area contributed by atoms with Gasteiger partial charge in [-0.3, -0.25) is 0 Å². The van der Waals surface area contributed by atoms with Crippen molar-refractivity contribution in [3.05, 3.63) is 0 Å². The van der Waals surface area contributed by atoms with Crippen LogP contribution in [0.5, 0.6) is 0 Å². The van der Waals surface area contributed by atoms with E-state index in [9.17, 15) is 0 Å². The van der Waals surface area contributed by atoms with E-state index in [4.69, 9.17) is 5.11 Å². The van der Waals surface area contributed by atoms with Crippen molar-refractivity contribution in [1.29, 1.82) is 0 Å². The average molecular weight is 180 g/mol. The summed E-state index contributed by atoms with van der Waals surface area (Å²) in [5.41, 5.74) is 0. The van der Waals surface area contributed by atoms with Crippen molar-refractivity contribution in [1.82, 2.24) is 0 Å². The van der Waals surface area contributed by atoms with E-state index in [1.165, 1.54) is 18.5 Å². The van der Waals surface area contributed by atoms with Crippen LogP contribution in [0.15, 0.2) is 0 Å². The molecule has 0 aliphatic rings. The zero-order valence-corrected chi connectivity index (χ0v) is 8.77. The van der Waals surface area contributed by atoms with Gasteiger partial charge in [-0.25, -0.2) is 0 Å². The molecular formula is C8H21O2P. The molecule has 0 spiro atoms. The summed E-state index contributed by atoms with van der Waals surface area (Å²) in [6, 6.07) is 0. The average Bonchev–Trinajstić information content (AvgIpc) is 2.01. The standard InChI is InChI=1S/C8H20OP.H2O/c1-4-10(5-2,6-3)8-7-9;/h9H,4-8H2,1-3H3;1H2/q+1;/p-1. The topological polar surface area (TPSA) is 50.2 Å². The van der Waals surface area contributed by atoms with Crippen LogP contribution in [0.1, 0.15) is 20.8 Å². The molecule has 0 aromatic carbocycles. The zero-order chi connectivity index (χ0) is 8.04. The minimum Gasteiger partial charge on any atom is -0.870 e. The third-order valence-electron chi connectivity index (χ3n) is 2.59. The fraction of sp³-hybridized carbons (Fsp3) is 1.00. The molecule has 0 radical (unpaired) electrons. The molecule has 0 aromatic heterocycles. The Balaban J connectivity index is 0. The summed E-state index contributed by atoms with van der Waals surface area (Å²) in [6.45, 7) is 7.17. The van der Waals surface area contributed by atoms with E-state index in [2.05, 4.69) is 20.8 Å². The van der Waals surface area contributed by atoms with Gasteiger partial charge in [-0.05, 0) is 20.8 Å². The SMILES string of the molecule is CC[P+](CC)(CC)CCO.[OH-]. The van der Waals surface area contributed by atoms with Gasteiger partial charge in [0, 0.05) is 7.26 Å². The van der Waals surface area contributed by atoms with Crippen LogP contribution in [0.2, 0.25) is 0 Å². The van der Waals surface area contributed by atoms with Gasteiger partial charge in [0.1, 0.15) is 0 Å². The third-order valence-corrected chi connectivity index (χ3v) is 7.76. The van der Waals surface area contributed by atoms with Crippen molar-refractivity contribution in [2.75, 3.05) is 31.3 Å². The fourth-order valence-electron chi connectivity index (χ4n) is 1.36. The summed E-state index contributed by atoms with van der Waals surface area (Å²) >= 11 is 0. The van der Waals surface area contributed by atoms with Gasteiger partial charge in [-0.2, -0.15) is 0 Å². The van der Waals surface area contributed by atoms with Crippen molar-refractivity contribution >= 4 is 7.26 Å². The summed E-state index contributed by atoms with van der Waals surface area (Å²) in [5, 5.41) is 8.82. The predicted molar refractivity (Wildman–Crippen MR) is 52.4 cm³/mol. The zero-order valence-electron chi connectivity index (χ0n) is 7.88. The van der Waals surface area contributed by atoms with E-state index in [0.717, 1.165) is 6.16 Å². The molecule has 0 aliphatic heterocycles. The van der Waals surface area contributed by atoms with E-state index in [-0.39, 0.29) is 5.48 Å². The highest BCUT2D eigenvalue weighted by molar-refractivity contribution is 7.75. The van der Waals surface area contributed by atoms with E-state index in [0.29, 0.717) is 6.61 Å². The van der Waals surface area contributed by atoms with Crippen LogP contribution in [0, 0.1) is 0 Å². The van der Waals surface area contributed by atoms with Crippen molar-refractivity contribution in [3.63, 3.8) is 0 Å². The molecule has 0 atom stereocenters. The van der Waals surface area contributed by atoms with E-state index in [1.807, 2.05) is 0 Å². The second-order valence-electron chi connectivity index (χ2n) is 2.74. The summed E-state index contributed by atoms with van der Waals surface area (Å²) < 4.78 is 0. The van der Waals surface area contributed by atoms with Crippen LogP contribution in [0.25, 0.3) is 0 Å². The lowest BCUT2D eigenvalue weighted by atomic mass is 10.9. The van der Waals surface area contributed by atoms with E-state index >= 15 is 0 Å². The second-order valence-corrected chi connectivity index (χ2v) is 7.77. The first-order valence-electron chi connectivity index (χ1n) is 4.20. The Morgan fingerprint density at radius 2 is 1.36 bits per heavy atom. The van der Waals surface area contributed by atoms with Crippen LogP contribution in [0.3, 0.4) is 0 Å². The van der Waals surface area contributed by atoms with Crippen molar-refractivity contribution in [3.8, 4) is 0 Å². The quantitative estimate of drug-likeness (QED) is 0.657. The Labute approximate surface area is 70.7 Å². The number of aliphatic hydroxyl groups is 1. The molecule has 0 saturated carbocycles. The molecule has 0 rings (SSSR count). The van der Waals surface area contributed by atoms with Crippen LogP contribution in [0.4, 0.5) is 0 Å². The van der Waals surface area contributed by atoms with E-state index in [1.54, 1.807) is 0 Å². The normalized spacial score (nSPS) is 10.9. The number of aliphatic hydroxyl groups excluding tert-OH is 1. The lowest BCUT2D eigenvalue weighted by Crippen LogP contribution is -2.09. The van der Waals surface area contributed by atoms with Gasteiger partial charge >= 0.3 is 0 Å². The van der Waals surface area contributed by atoms with Gasteiger partial charge in [-0.15, -0.1) is 0 Å². The largest absolute Gasteiger partial charge is 0.870 e. The molecule has 0 aromatic rings. The maximum absolute atomic E-state index is 8.82. The molecule has 0 heterocycles. The molecule has 2 N–H and O–H groups in total. The van der Waals surface area contributed by atoms with Crippen LogP contribution in [-0.2, 0) is 0 Å². The van der Waals surface area contributed by atoms with E-state index < -0.39 is 7.26 Å². The van der Waals surface area contributed by atoms with Gasteiger partial charge in [0.15, 0.2) is 0 Å². The smallest absolute Gasteiger partial charge is 0.0825 e. The molecule has 0 amide bonds. The monoisotopic (exact) mass is 180 g/mol. The first kappa shape index (κ1) is 13.9. The third kappa shape index (κ3) is 4.05. The number of rotatable bonds is 5. The van der Waals surface area contributed by atoms with Gasteiger partial charge in [0.2, 0.25) is 0 Å².